The lowest BCUT2D eigenvalue weighted by atomic mass is 10.1. The van der Waals surface area contributed by atoms with E-state index in [-0.39, 0.29) is 0 Å². The Kier molecular flexibility index (Phi) is 7.03. The van der Waals surface area contributed by atoms with Gasteiger partial charge in [0.05, 0.1) is 0 Å². The van der Waals surface area contributed by atoms with Crippen LogP contribution < -0.4 is 5.32 Å². The fraction of sp³-hybridized carbons (Fsp3) is 1.00. The predicted molar refractivity (Wildman–Crippen MR) is 65.1 cm³/mol. The van der Waals surface area contributed by atoms with Crippen LogP contribution in [0.1, 0.15) is 52.4 Å². The van der Waals surface area contributed by atoms with Crippen molar-refractivity contribution >= 4 is 0 Å². The molecule has 0 radical (unpaired) electrons. The number of nitrogens with one attached hydrogen (secondary N) is 1. The Bertz CT molecular complexity index is 145. The summed E-state index contributed by atoms with van der Waals surface area (Å²) in [6.45, 7) is 7.49. The van der Waals surface area contributed by atoms with E-state index in [1.165, 1.54) is 38.5 Å². The molecule has 1 aliphatic rings. The number of unbranched alkanes of at least 4 members (excludes halogenated alkanes) is 1. The first-order valence-electron chi connectivity index (χ1n) is 6.69. The topological polar surface area (TPSA) is 21.3 Å². The second kappa shape index (κ2) is 8.12. The Morgan fingerprint density at radius 1 is 1.20 bits per heavy atom. The van der Waals surface area contributed by atoms with Crippen molar-refractivity contribution in [2.75, 3.05) is 19.8 Å². The fourth-order valence-corrected chi connectivity index (χ4v) is 1.89. The van der Waals surface area contributed by atoms with Gasteiger partial charge in [-0.2, -0.15) is 0 Å². The quantitative estimate of drug-likeness (QED) is 0.563. The van der Waals surface area contributed by atoms with Crippen LogP contribution in [0.15, 0.2) is 0 Å². The smallest absolute Gasteiger partial charge is 0.0480 e. The molecule has 0 spiro atoms. The zero-order chi connectivity index (χ0) is 10.9. The third-order valence-electron chi connectivity index (χ3n) is 3.06. The van der Waals surface area contributed by atoms with E-state index in [4.69, 9.17) is 4.74 Å². The first-order valence-corrected chi connectivity index (χ1v) is 6.69. The van der Waals surface area contributed by atoms with Crippen LogP contribution in [0.25, 0.3) is 0 Å². The molecule has 0 aromatic heterocycles. The highest BCUT2D eigenvalue weighted by Crippen LogP contribution is 2.33. The second-order valence-corrected chi connectivity index (χ2v) is 4.65. The maximum absolute atomic E-state index is 5.62. The fourth-order valence-electron chi connectivity index (χ4n) is 1.89. The summed E-state index contributed by atoms with van der Waals surface area (Å²) in [5, 5.41) is 3.64. The molecular formula is C13H27NO. The van der Waals surface area contributed by atoms with E-state index in [9.17, 15) is 0 Å². The van der Waals surface area contributed by atoms with Crippen LogP contribution in [0.2, 0.25) is 0 Å². The van der Waals surface area contributed by atoms with Gasteiger partial charge in [-0.15, -0.1) is 0 Å². The molecule has 1 rings (SSSR count). The number of hydrogen-bond acceptors (Lipinski definition) is 2. The molecular weight excluding hydrogens is 186 g/mol. The van der Waals surface area contributed by atoms with Gasteiger partial charge in [0.2, 0.25) is 0 Å². The van der Waals surface area contributed by atoms with E-state index in [0.29, 0.717) is 0 Å². The predicted octanol–water partition coefficient (Wildman–Crippen LogP) is 2.97. The molecule has 1 N–H and O–H groups in total. The molecule has 0 heterocycles. The average Bonchev–Trinajstić information content (AvgIpc) is 3.06. The van der Waals surface area contributed by atoms with E-state index in [0.717, 1.165) is 31.7 Å². The van der Waals surface area contributed by atoms with Gasteiger partial charge in [0, 0.05) is 19.3 Å². The highest BCUT2D eigenvalue weighted by molar-refractivity contribution is 4.86. The third kappa shape index (κ3) is 6.16. The van der Waals surface area contributed by atoms with Gasteiger partial charge in [-0.25, -0.2) is 0 Å². The Labute approximate surface area is 94.8 Å². The van der Waals surface area contributed by atoms with Crippen LogP contribution in [0.4, 0.5) is 0 Å². The van der Waals surface area contributed by atoms with E-state index < -0.39 is 0 Å². The molecule has 0 saturated heterocycles. The first-order chi connectivity index (χ1) is 7.38. The van der Waals surface area contributed by atoms with Gasteiger partial charge < -0.3 is 10.1 Å². The first kappa shape index (κ1) is 13.0. The largest absolute Gasteiger partial charge is 0.381 e. The zero-order valence-corrected chi connectivity index (χ0v) is 10.4. The van der Waals surface area contributed by atoms with Crippen molar-refractivity contribution in [3.63, 3.8) is 0 Å². The summed E-state index contributed by atoms with van der Waals surface area (Å²) < 4.78 is 5.62. The van der Waals surface area contributed by atoms with Crippen LogP contribution in [0, 0.1) is 5.92 Å². The van der Waals surface area contributed by atoms with Crippen molar-refractivity contribution in [3.05, 3.63) is 0 Å². The summed E-state index contributed by atoms with van der Waals surface area (Å²) in [5.41, 5.74) is 0. The molecule has 1 saturated carbocycles. The van der Waals surface area contributed by atoms with Gasteiger partial charge in [0.1, 0.15) is 0 Å². The van der Waals surface area contributed by atoms with Gasteiger partial charge in [-0.05, 0) is 44.6 Å². The molecule has 1 aliphatic carbocycles. The Morgan fingerprint density at radius 3 is 2.60 bits per heavy atom. The molecule has 1 unspecified atom stereocenters. The van der Waals surface area contributed by atoms with Crippen LogP contribution in [-0.4, -0.2) is 25.8 Å². The van der Waals surface area contributed by atoms with Crippen LogP contribution >= 0.6 is 0 Å². The maximum Gasteiger partial charge on any atom is 0.0480 e. The molecule has 90 valence electrons. The summed E-state index contributed by atoms with van der Waals surface area (Å²) in [5.74, 6) is 0.950. The second-order valence-electron chi connectivity index (χ2n) is 4.65. The van der Waals surface area contributed by atoms with Gasteiger partial charge >= 0.3 is 0 Å². The Hall–Kier alpha value is -0.0800. The lowest BCUT2D eigenvalue weighted by Gasteiger charge is -2.17. The normalized spacial score (nSPS) is 18.0. The lowest BCUT2D eigenvalue weighted by Crippen LogP contribution is -2.32. The molecule has 0 aromatic rings. The summed E-state index contributed by atoms with van der Waals surface area (Å²) in [6.07, 6.45) is 7.73. The highest BCUT2D eigenvalue weighted by Gasteiger charge is 2.30. The van der Waals surface area contributed by atoms with Crippen molar-refractivity contribution in [1.82, 2.24) is 5.32 Å². The molecule has 2 nitrogen and oxygen atoms in total. The van der Waals surface area contributed by atoms with Gasteiger partial charge in [0.15, 0.2) is 0 Å². The van der Waals surface area contributed by atoms with Crippen molar-refractivity contribution < 1.29 is 4.74 Å². The third-order valence-corrected chi connectivity index (χ3v) is 3.06. The zero-order valence-electron chi connectivity index (χ0n) is 10.4. The molecule has 2 heteroatoms. The molecule has 0 aliphatic heterocycles. The number of ether oxygens (including phenoxy) is 1. The summed E-state index contributed by atoms with van der Waals surface area (Å²) in [7, 11) is 0. The van der Waals surface area contributed by atoms with E-state index >= 15 is 0 Å². The molecule has 1 atom stereocenters. The molecule has 15 heavy (non-hydrogen) atoms. The summed E-state index contributed by atoms with van der Waals surface area (Å²) >= 11 is 0. The maximum atomic E-state index is 5.62. The lowest BCUT2D eigenvalue weighted by molar-refractivity contribution is 0.119. The van der Waals surface area contributed by atoms with Gasteiger partial charge in [-0.3, -0.25) is 0 Å². The van der Waals surface area contributed by atoms with Gasteiger partial charge in [0.25, 0.3) is 0 Å². The van der Waals surface area contributed by atoms with E-state index in [1.54, 1.807) is 0 Å². The summed E-state index contributed by atoms with van der Waals surface area (Å²) in [4.78, 5) is 0. The number of rotatable bonds is 10. The molecule has 0 aromatic carbocycles. The SMILES string of the molecule is CCCCOCCC(NCCC)C1CC1. The highest BCUT2D eigenvalue weighted by atomic mass is 16.5. The van der Waals surface area contributed by atoms with E-state index in [1.807, 2.05) is 0 Å². The summed E-state index contributed by atoms with van der Waals surface area (Å²) in [6, 6.07) is 0.728. The standard InChI is InChI=1S/C13H27NO/c1-3-5-10-15-11-8-13(12-6-7-12)14-9-4-2/h12-14H,3-11H2,1-2H3. The molecule has 1 fully saturated rings. The Balaban J connectivity index is 1.98. The van der Waals surface area contributed by atoms with Gasteiger partial charge in [-0.1, -0.05) is 20.3 Å². The molecule has 0 amide bonds. The monoisotopic (exact) mass is 213 g/mol. The Morgan fingerprint density at radius 2 is 2.00 bits per heavy atom. The van der Waals surface area contributed by atoms with Crippen molar-refractivity contribution in [1.29, 1.82) is 0 Å². The van der Waals surface area contributed by atoms with Crippen LogP contribution in [0.5, 0.6) is 0 Å². The average molecular weight is 213 g/mol. The number of hydrogen-bond donors (Lipinski definition) is 1. The minimum absolute atomic E-state index is 0.728. The van der Waals surface area contributed by atoms with Crippen molar-refractivity contribution in [2.24, 2.45) is 5.92 Å². The molecule has 0 bridgehead atoms. The van der Waals surface area contributed by atoms with Crippen LogP contribution in [0.3, 0.4) is 0 Å². The minimum Gasteiger partial charge on any atom is -0.381 e. The van der Waals surface area contributed by atoms with Crippen molar-refractivity contribution in [2.45, 2.75) is 58.4 Å². The van der Waals surface area contributed by atoms with E-state index in [2.05, 4.69) is 19.2 Å². The van der Waals surface area contributed by atoms with Crippen molar-refractivity contribution in [3.8, 4) is 0 Å². The minimum atomic E-state index is 0.728. The van der Waals surface area contributed by atoms with Crippen LogP contribution in [-0.2, 0) is 4.74 Å².